The van der Waals surface area contributed by atoms with Crippen molar-refractivity contribution in [3.63, 3.8) is 0 Å². The van der Waals surface area contributed by atoms with Crippen LogP contribution in [0.4, 0.5) is 0 Å². The number of halogens is 1. The van der Waals surface area contributed by atoms with Crippen LogP contribution in [0.3, 0.4) is 0 Å². The average Bonchev–Trinajstić information content (AvgIpc) is 2.66. The monoisotopic (exact) mass is 392 g/mol. The lowest BCUT2D eigenvalue weighted by atomic mass is 10.1. The van der Waals surface area contributed by atoms with Crippen LogP contribution in [0.25, 0.3) is 0 Å². The van der Waals surface area contributed by atoms with Crippen LogP contribution < -0.4 is 14.8 Å². The summed E-state index contributed by atoms with van der Waals surface area (Å²) in [6.07, 6.45) is 2.25. The van der Waals surface area contributed by atoms with E-state index >= 15 is 0 Å². The van der Waals surface area contributed by atoms with Gasteiger partial charge in [-0.15, -0.1) is 12.4 Å². The predicted octanol–water partition coefficient (Wildman–Crippen LogP) is 2.40. The van der Waals surface area contributed by atoms with Crippen molar-refractivity contribution in [1.82, 2.24) is 10.3 Å². The molecule has 1 aromatic heterocycles. The number of carbonyl (C=O) groups excluding carboxylic acids is 2. The van der Waals surface area contributed by atoms with E-state index in [0.717, 1.165) is 0 Å². The molecule has 0 spiro atoms. The second-order valence-corrected chi connectivity index (χ2v) is 6.55. The molecule has 0 saturated heterocycles. The third kappa shape index (κ3) is 5.34. The van der Waals surface area contributed by atoms with E-state index in [1.807, 2.05) is 6.07 Å². The van der Waals surface area contributed by atoms with Crippen molar-refractivity contribution >= 4 is 24.3 Å². The van der Waals surface area contributed by atoms with Crippen LogP contribution in [0.15, 0.2) is 48.8 Å². The lowest BCUT2D eigenvalue weighted by molar-refractivity contribution is -0.156. The maximum atomic E-state index is 12.3. The standard InChI is InChI=1S/C19H20N2O5.ClH/c1-19(2,21-17(22)13-7-9-20-10-8-13)12-25-18(23)16-11-24-14-5-3-4-6-15(14)26-16;/h3-10,16H,11-12H2,1-2H3,(H,21,22);1H. The maximum absolute atomic E-state index is 12.3. The zero-order valence-electron chi connectivity index (χ0n) is 15.0. The number of benzene rings is 1. The fourth-order valence-corrected chi connectivity index (χ4v) is 2.40. The van der Waals surface area contributed by atoms with Gasteiger partial charge in [-0.1, -0.05) is 12.1 Å². The summed E-state index contributed by atoms with van der Waals surface area (Å²) in [7, 11) is 0. The number of hydrogen-bond donors (Lipinski definition) is 1. The normalized spacial score (nSPS) is 15.3. The molecule has 1 aliphatic rings. The van der Waals surface area contributed by atoms with Crippen LogP contribution in [0, 0.1) is 0 Å². The number of aromatic nitrogens is 1. The Hall–Kier alpha value is -2.80. The van der Waals surface area contributed by atoms with Gasteiger partial charge in [0.15, 0.2) is 11.5 Å². The van der Waals surface area contributed by atoms with Gasteiger partial charge in [-0.2, -0.15) is 0 Å². The quantitative estimate of drug-likeness (QED) is 0.786. The number of nitrogens with zero attached hydrogens (tertiary/aromatic N) is 1. The molecule has 8 heteroatoms. The van der Waals surface area contributed by atoms with E-state index in [0.29, 0.717) is 17.1 Å². The molecule has 0 saturated carbocycles. The summed E-state index contributed by atoms with van der Waals surface area (Å²) in [6, 6.07) is 10.4. The molecule has 0 radical (unpaired) electrons. The number of para-hydroxylation sites is 2. The van der Waals surface area contributed by atoms with Crippen molar-refractivity contribution in [2.75, 3.05) is 13.2 Å². The first-order valence-corrected chi connectivity index (χ1v) is 8.22. The number of rotatable bonds is 5. The second-order valence-electron chi connectivity index (χ2n) is 6.55. The molecule has 27 heavy (non-hydrogen) atoms. The molecule has 144 valence electrons. The van der Waals surface area contributed by atoms with Crippen molar-refractivity contribution in [2.24, 2.45) is 0 Å². The third-order valence-electron chi connectivity index (χ3n) is 3.74. The average molecular weight is 393 g/mol. The van der Waals surface area contributed by atoms with E-state index in [1.165, 1.54) is 0 Å². The first-order chi connectivity index (χ1) is 12.4. The molecule has 1 N–H and O–H groups in total. The minimum absolute atomic E-state index is 0. The van der Waals surface area contributed by atoms with E-state index in [-0.39, 0.29) is 31.5 Å². The number of amides is 1. The molecule has 0 fully saturated rings. The molecule has 0 bridgehead atoms. The van der Waals surface area contributed by atoms with E-state index in [1.54, 1.807) is 56.6 Å². The molecule has 7 nitrogen and oxygen atoms in total. The fourth-order valence-electron chi connectivity index (χ4n) is 2.40. The lowest BCUT2D eigenvalue weighted by Gasteiger charge is -2.28. The zero-order chi connectivity index (χ0) is 18.6. The van der Waals surface area contributed by atoms with Gasteiger partial charge >= 0.3 is 5.97 Å². The molecular formula is C19H21ClN2O5. The second kappa shape index (κ2) is 8.73. The third-order valence-corrected chi connectivity index (χ3v) is 3.74. The molecule has 0 aliphatic carbocycles. The summed E-state index contributed by atoms with van der Waals surface area (Å²) in [6.45, 7) is 3.63. The number of fused-ring (bicyclic) bond motifs is 1. The minimum atomic E-state index is -0.836. The first kappa shape index (κ1) is 20.5. The van der Waals surface area contributed by atoms with Crippen LogP contribution in [0.2, 0.25) is 0 Å². The summed E-state index contributed by atoms with van der Waals surface area (Å²) in [5.41, 5.74) is -0.260. The Kier molecular flexibility index (Phi) is 6.63. The van der Waals surface area contributed by atoms with Crippen LogP contribution in [-0.4, -0.2) is 41.7 Å². The van der Waals surface area contributed by atoms with E-state index < -0.39 is 17.6 Å². The van der Waals surface area contributed by atoms with Crippen LogP contribution in [0.5, 0.6) is 11.5 Å². The molecule has 1 aliphatic heterocycles. The smallest absolute Gasteiger partial charge is 0.351 e. The zero-order valence-corrected chi connectivity index (χ0v) is 15.8. The number of pyridine rings is 1. The topological polar surface area (TPSA) is 86.8 Å². The van der Waals surface area contributed by atoms with E-state index in [9.17, 15) is 9.59 Å². The molecule has 1 aromatic carbocycles. The van der Waals surface area contributed by atoms with Crippen molar-refractivity contribution < 1.29 is 23.8 Å². The van der Waals surface area contributed by atoms with Gasteiger partial charge in [0, 0.05) is 18.0 Å². The highest BCUT2D eigenvalue weighted by Crippen LogP contribution is 2.31. The minimum Gasteiger partial charge on any atom is -0.485 e. The number of carbonyl (C=O) groups is 2. The Labute approximate surface area is 163 Å². The van der Waals surface area contributed by atoms with Crippen LogP contribution in [-0.2, 0) is 9.53 Å². The van der Waals surface area contributed by atoms with Gasteiger partial charge < -0.3 is 19.5 Å². The van der Waals surface area contributed by atoms with Gasteiger partial charge in [0.1, 0.15) is 13.2 Å². The van der Waals surface area contributed by atoms with Gasteiger partial charge in [0.2, 0.25) is 6.10 Å². The molecule has 2 aromatic rings. The summed E-state index contributed by atoms with van der Waals surface area (Å²) >= 11 is 0. The molecule has 1 amide bonds. The molecule has 1 unspecified atom stereocenters. The highest BCUT2D eigenvalue weighted by molar-refractivity contribution is 5.94. The molecular weight excluding hydrogens is 372 g/mol. The van der Waals surface area contributed by atoms with E-state index in [4.69, 9.17) is 14.2 Å². The highest BCUT2D eigenvalue weighted by atomic mass is 35.5. The fraction of sp³-hybridized carbons (Fsp3) is 0.316. The summed E-state index contributed by atoms with van der Waals surface area (Å²) in [4.78, 5) is 28.4. The Morgan fingerprint density at radius 1 is 1.19 bits per heavy atom. The van der Waals surface area contributed by atoms with Gasteiger partial charge in [0.05, 0.1) is 5.54 Å². The van der Waals surface area contributed by atoms with Gasteiger partial charge in [-0.3, -0.25) is 9.78 Å². The maximum Gasteiger partial charge on any atom is 0.351 e. The molecule has 3 rings (SSSR count). The summed E-state index contributed by atoms with van der Waals surface area (Å²) < 4.78 is 16.5. The van der Waals surface area contributed by atoms with Crippen molar-refractivity contribution in [1.29, 1.82) is 0 Å². The summed E-state index contributed by atoms with van der Waals surface area (Å²) in [5, 5.41) is 2.83. The van der Waals surface area contributed by atoms with Crippen molar-refractivity contribution in [2.45, 2.75) is 25.5 Å². The number of hydrogen-bond acceptors (Lipinski definition) is 6. The Balaban J connectivity index is 0.00000261. The number of nitrogens with one attached hydrogen (secondary N) is 1. The van der Waals surface area contributed by atoms with Crippen molar-refractivity contribution in [3.8, 4) is 11.5 Å². The van der Waals surface area contributed by atoms with Crippen LogP contribution >= 0.6 is 12.4 Å². The Bertz CT molecular complexity index is 798. The largest absolute Gasteiger partial charge is 0.485 e. The highest BCUT2D eigenvalue weighted by Gasteiger charge is 2.31. The van der Waals surface area contributed by atoms with Gasteiger partial charge in [0.25, 0.3) is 5.91 Å². The number of esters is 1. The van der Waals surface area contributed by atoms with Gasteiger partial charge in [-0.05, 0) is 38.1 Å². The SMILES string of the molecule is CC(C)(COC(=O)C1COc2ccccc2O1)NC(=O)c1ccncc1.Cl. The predicted molar refractivity (Wildman–Crippen MR) is 100 cm³/mol. The molecule has 1 atom stereocenters. The van der Waals surface area contributed by atoms with Crippen LogP contribution in [0.1, 0.15) is 24.2 Å². The Morgan fingerprint density at radius 3 is 2.56 bits per heavy atom. The van der Waals surface area contributed by atoms with Gasteiger partial charge in [-0.25, -0.2) is 4.79 Å². The number of ether oxygens (including phenoxy) is 3. The van der Waals surface area contributed by atoms with E-state index in [2.05, 4.69) is 10.3 Å². The summed E-state index contributed by atoms with van der Waals surface area (Å²) in [5.74, 6) is 0.304. The Morgan fingerprint density at radius 2 is 1.85 bits per heavy atom. The lowest BCUT2D eigenvalue weighted by Crippen LogP contribution is -2.48. The first-order valence-electron chi connectivity index (χ1n) is 8.22. The van der Waals surface area contributed by atoms with Crippen molar-refractivity contribution in [3.05, 3.63) is 54.4 Å². The molecule has 2 heterocycles.